The van der Waals surface area contributed by atoms with Crippen molar-refractivity contribution in [3.8, 4) is 0 Å². The molecule has 0 aliphatic carbocycles. The number of hydrogen-bond acceptors (Lipinski definition) is 4. The maximum absolute atomic E-state index is 13.1. The molecule has 0 unspecified atom stereocenters. The molecule has 1 fully saturated rings. The highest BCUT2D eigenvalue weighted by Crippen LogP contribution is 2.21. The first-order valence-electron chi connectivity index (χ1n) is 12.6. The number of benzene rings is 3. The fourth-order valence-electron chi connectivity index (χ4n) is 4.78. The molecule has 1 aliphatic rings. The first-order valence-corrected chi connectivity index (χ1v) is 12.6. The third kappa shape index (κ3) is 6.26. The smallest absolute Gasteiger partial charge is 0.253 e. The molecule has 2 amide bonds. The summed E-state index contributed by atoms with van der Waals surface area (Å²) >= 11 is 0. The first-order chi connectivity index (χ1) is 17.6. The van der Waals surface area contributed by atoms with Gasteiger partial charge in [0.25, 0.3) is 5.91 Å². The van der Waals surface area contributed by atoms with Gasteiger partial charge in [0, 0.05) is 35.8 Å². The highest BCUT2D eigenvalue weighted by atomic mass is 16.2. The zero-order valence-corrected chi connectivity index (χ0v) is 20.7. The Morgan fingerprint density at radius 1 is 0.833 bits per heavy atom. The van der Waals surface area contributed by atoms with E-state index < -0.39 is 0 Å². The highest BCUT2D eigenvalue weighted by Gasteiger charge is 2.28. The largest absolute Gasteiger partial charge is 0.339 e. The maximum atomic E-state index is 13.1. The molecule has 1 saturated heterocycles. The van der Waals surface area contributed by atoms with E-state index in [1.807, 2.05) is 59.5 Å². The lowest BCUT2D eigenvalue weighted by Crippen LogP contribution is -2.49. The molecule has 36 heavy (non-hydrogen) atoms. The average molecular weight is 484 g/mol. The Balaban J connectivity index is 1.38. The summed E-state index contributed by atoms with van der Waals surface area (Å²) in [5.74, 6) is -0.194. The number of ketones is 1. The number of rotatable bonds is 9. The lowest BCUT2D eigenvalue weighted by molar-refractivity contribution is -0.118. The molecule has 6 heteroatoms. The van der Waals surface area contributed by atoms with E-state index in [9.17, 15) is 14.4 Å². The van der Waals surface area contributed by atoms with Crippen molar-refractivity contribution in [3.63, 3.8) is 0 Å². The number of nitrogens with one attached hydrogen (secondary N) is 1. The van der Waals surface area contributed by atoms with Crippen molar-refractivity contribution >= 4 is 23.3 Å². The minimum atomic E-state index is -0.139. The zero-order chi connectivity index (χ0) is 25.3. The zero-order valence-electron chi connectivity index (χ0n) is 20.7. The first kappa shape index (κ1) is 25.3. The van der Waals surface area contributed by atoms with Crippen molar-refractivity contribution in [2.45, 2.75) is 32.2 Å². The second-order valence-corrected chi connectivity index (χ2v) is 9.15. The van der Waals surface area contributed by atoms with Crippen LogP contribution in [0.2, 0.25) is 0 Å². The van der Waals surface area contributed by atoms with E-state index in [1.165, 1.54) is 0 Å². The molecule has 0 aromatic heterocycles. The second-order valence-electron chi connectivity index (χ2n) is 9.15. The van der Waals surface area contributed by atoms with Crippen molar-refractivity contribution in [2.75, 3.05) is 31.5 Å². The van der Waals surface area contributed by atoms with E-state index in [4.69, 9.17) is 0 Å². The van der Waals surface area contributed by atoms with Gasteiger partial charge < -0.3 is 10.2 Å². The molecule has 6 nitrogen and oxygen atoms in total. The van der Waals surface area contributed by atoms with Crippen molar-refractivity contribution in [1.29, 1.82) is 0 Å². The van der Waals surface area contributed by atoms with Gasteiger partial charge in [0.05, 0.1) is 12.2 Å². The maximum Gasteiger partial charge on any atom is 0.253 e. The van der Waals surface area contributed by atoms with Crippen LogP contribution in [0.3, 0.4) is 0 Å². The molecular formula is C30H33N3O3. The van der Waals surface area contributed by atoms with Crippen LogP contribution in [0.5, 0.6) is 0 Å². The van der Waals surface area contributed by atoms with Gasteiger partial charge in [-0.05, 0) is 50.1 Å². The van der Waals surface area contributed by atoms with Crippen molar-refractivity contribution in [3.05, 3.63) is 102 Å². The van der Waals surface area contributed by atoms with E-state index in [-0.39, 0.29) is 30.2 Å². The van der Waals surface area contributed by atoms with E-state index in [0.717, 1.165) is 25.8 Å². The highest BCUT2D eigenvalue weighted by molar-refractivity contribution is 6.13. The van der Waals surface area contributed by atoms with Gasteiger partial charge in [0.1, 0.15) is 0 Å². The topological polar surface area (TPSA) is 69.7 Å². The van der Waals surface area contributed by atoms with Crippen LogP contribution in [-0.2, 0) is 4.79 Å². The van der Waals surface area contributed by atoms with Crippen LogP contribution in [0.1, 0.15) is 52.5 Å². The predicted molar refractivity (Wildman–Crippen MR) is 142 cm³/mol. The quantitative estimate of drug-likeness (QED) is 0.441. The van der Waals surface area contributed by atoms with E-state index in [0.29, 0.717) is 35.5 Å². The summed E-state index contributed by atoms with van der Waals surface area (Å²) in [6, 6.07) is 25.8. The molecule has 0 saturated carbocycles. The Bertz CT molecular complexity index is 1170. The Morgan fingerprint density at radius 2 is 1.42 bits per heavy atom. The Kier molecular flexibility index (Phi) is 8.63. The minimum Gasteiger partial charge on any atom is -0.339 e. The Labute approximate surface area is 212 Å². The number of piperidine rings is 1. The molecule has 186 valence electrons. The van der Waals surface area contributed by atoms with Crippen LogP contribution >= 0.6 is 0 Å². The third-order valence-corrected chi connectivity index (χ3v) is 6.63. The fourth-order valence-corrected chi connectivity index (χ4v) is 4.78. The van der Waals surface area contributed by atoms with Gasteiger partial charge in [0.15, 0.2) is 5.78 Å². The molecule has 0 bridgehead atoms. The second kappa shape index (κ2) is 12.3. The van der Waals surface area contributed by atoms with Crippen molar-refractivity contribution in [1.82, 2.24) is 9.80 Å². The summed E-state index contributed by atoms with van der Waals surface area (Å²) in [6.07, 6.45) is 2.59. The molecule has 3 aromatic rings. The number of likely N-dealkylation sites (tertiary alicyclic amines) is 1. The van der Waals surface area contributed by atoms with E-state index in [1.54, 1.807) is 30.3 Å². The summed E-state index contributed by atoms with van der Waals surface area (Å²) < 4.78 is 0. The van der Waals surface area contributed by atoms with Crippen LogP contribution in [0.4, 0.5) is 5.69 Å². The summed E-state index contributed by atoms with van der Waals surface area (Å²) in [6.45, 7) is 4.50. The van der Waals surface area contributed by atoms with Gasteiger partial charge >= 0.3 is 0 Å². The minimum absolute atomic E-state index is 0.0634. The van der Waals surface area contributed by atoms with E-state index >= 15 is 0 Å². The number of nitrogens with zero attached hydrogens (tertiary/aromatic N) is 2. The fraction of sp³-hybridized carbons (Fsp3) is 0.300. The van der Waals surface area contributed by atoms with Gasteiger partial charge in [0.2, 0.25) is 5.91 Å². The number of para-hydroxylation sites is 1. The summed E-state index contributed by atoms with van der Waals surface area (Å²) in [4.78, 5) is 43.0. The van der Waals surface area contributed by atoms with Crippen LogP contribution in [0.15, 0.2) is 84.9 Å². The van der Waals surface area contributed by atoms with Gasteiger partial charge in [-0.3, -0.25) is 19.3 Å². The molecule has 0 atom stereocenters. The molecule has 4 rings (SSSR count). The molecule has 3 aromatic carbocycles. The predicted octanol–water partition coefficient (Wildman–Crippen LogP) is 4.87. The average Bonchev–Trinajstić information content (AvgIpc) is 2.93. The van der Waals surface area contributed by atoms with Gasteiger partial charge in [-0.25, -0.2) is 0 Å². The molecule has 1 heterocycles. The van der Waals surface area contributed by atoms with Crippen LogP contribution in [0, 0.1) is 0 Å². The monoisotopic (exact) mass is 483 g/mol. The standard InChI is InChI=1S/C30H33N3O3/c1-2-19-33(25-17-20-32(21-18-25)30(36)24-13-7-4-8-14-24)22-28(34)31-27-16-10-9-15-26(27)29(35)23-11-5-3-6-12-23/h3-16,25H,2,17-22H2,1H3,(H,31,34). The lowest BCUT2D eigenvalue weighted by atomic mass is 10.0. The number of amides is 2. The SMILES string of the molecule is CCCN(CC(=O)Nc1ccccc1C(=O)c1ccccc1)C1CCN(C(=O)c2ccccc2)CC1. The molecule has 0 radical (unpaired) electrons. The molecule has 1 aliphatic heterocycles. The van der Waals surface area contributed by atoms with Crippen LogP contribution < -0.4 is 5.32 Å². The number of carbonyl (C=O) groups excluding carboxylic acids is 3. The number of carbonyl (C=O) groups is 3. The van der Waals surface area contributed by atoms with Crippen molar-refractivity contribution < 1.29 is 14.4 Å². The molecule has 0 spiro atoms. The van der Waals surface area contributed by atoms with Gasteiger partial charge in [-0.1, -0.05) is 67.6 Å². The third-order valence-electron chi connectivity index (χ3n) is 6.63. The van der Waals surface area contributed by atoms with Crippen LogP contribution in [-0.4, -0.2) is 59.6 Å². The molecular weight excluding hydrogens is 450 g/mol. The summed E-state index contributed by atoms with van der Waals surface area (Å²) in [5.41, 5.74) is 2.30. The summed E-state index contributed by atoms with van der Waals surface area (Å²) in [7, 11) is 0. The van der Waals surface area contributed by atoms with Gasteiger partial charge in [-0.15, -0.1) is 0 Å². The van der Waals surface area contributed by atoms with Gasteiger partial charge in [-0.2, -0.15) is 0 Å². The summed E-state index contributed by atoms with van der Waals surface area (Å²) in [5, 5.41) is 2.97. The van der Waals surface area contributed by atoms with Crippen molar-refractivity contribution in [2.24, 2.45) is 0 Å². The number of hydrogen-bond donors (Lipinski definition) is 1. The Morgan fingerprint density at radius 3 is 2.06 bits per heavy atom. The number of anilines is 1. The Hall–Kier alpha value is -3.77. The van der Waals surface area contributed by atoms with E-state index in [2.05, 4.69) is 17.1 Å². The molecule has 1 N–H and O–H groups in total. The lowest BCUT2D eigenvalue weighted by Gasteiger charge is -2.38. The normalized spacial score (nSPS) is 14.0. The van der Waals surface area contributed by atoms with Crippen LogP contribution in [0.25, 0.3) is 0 Å².